The third kappa shape index (κ3) is 5.28. The van der Waals surface area contributed by atoms with E-state index >= 15 is 0 Å². The molecule has 2 amide bonds. The first-order valence-electron chi connectivity index (χ1n) is 9.09. The van der Waals surface area contributed by atoms with Gasteiger partial charge in [0.2, 0.25) is 11.8 Å². The third-order valence-electron chi connectivity index (χ3n) is 4.41. The van der Waals surface area contributed by atoms with E-state index < -0.39 is 75.9 Å². The van der Waals surface area contributed by atoms with Crippen molar-refractivity contribution in [3.63, 3.8) is 0 Å². The van der Waals surface area contributed by atoms with Gasteiger partial charge in [0.15, 0.2) is 5.69 Å². The summed E-state index contributed by atoms with van der Waals surface area (Å²) in [7, 11) is -10.2. The molecular formula is C17H19N5O10S2. The monoisotopic (exact) mass is 517 g/mol. The molecule has 0 radical (unpaired) electrons. The summed E-state index contributed by atoms with van der Waals surface area (Å²) in [6, 6.07) is 0.993. The maximum absolute atomic E-state index is 12.7. The van der Waals surface area contributed by atoms with Gasteiger partial charge >= 0.3 is 0 Å². The number of carbonyl (C=O) groups excluding carboxylic acids is 2. The minimum atomic E-state index is -5.17. The van der Waals surface area contributed by atoms with Crippen LogP contribution in [0.5, 0.6) is 5.88 Å². The minimum Gasteiger partial charge on any atom is -0.494 e. The lowest BCUT2D eigenvalue weighted by Gasteiger charge is -2.13. The highest BCUT2D eigenvalue weighted by atomic mass is 32.2. The van der Waals surface area contributed by atoms with Gasteiger partial charge in [-0.15, -0.1) is 10.2 Å². The molecule has 1 aromatic heterocycles. The minimum absolute atomic E-state index is 0.111. The van der Waals surface area contributed by atoms with E-state index in [0.29, 0.717) is 12.1 Å². The number of aromatic hydroxyl groups is 1. The second-order valence-electron chi connectivity index (χ2n) is 6.73. The van der Waals surface area contributed by atoms with Crippen LogP contribution in [-0.4, -0.2) is 47.4 Å². The maximum Gasteiger partial charge on any atom is 0.296 e. The fraction of sp³-hybridized carbons (Fsp3) is 0.235. The van der Waals surface area contributed by atoms with Crippen LogP contribution in [0.25, 0.3) is 0 Å². The number of amides is 2. The van der Waals surface area contributed by atoms with E-state index in [2.05, 4.69) is 15.5 Å². The Morgan fingerprint density at radius 2 is 1.65 bits per heavy atom. The zero-order valence-corrected chi connectivity index (χ0v) is 19.4. The Hall–Kier alpha value is -3.67. The Bertz CT molecular complexity index is 1510. The fourth-order valence-electron chi connectivity index (χ4n) is 2.95. The number of benzene rings is 1. The Labute approximate surface area is 192 Å². The standard InChI is InChI=1S/C17H19N5O10S2/c1-4-22-16(25)13(15(18)24)7(2)14(17(22)26)21-20-10-5-9(19-8(3)23)11(33(27,28)29)6-12(10)34(30,31)32/h5-6,25H,4H2,1-3H3,(H2,18,24)(H,19,23)(H,27,28,29)(H,30,31,32). The zero-order valence-electron chi connectivity index (χ0n) is 17.8. The van der Waals surface area contributed by atoms with Crippen molar-refractivity contribution in [2.24, 2.45) is 16.0 Å². The van der Waals surface area contributed by atoms with Crippen molar-refractivity contribution in [2.45, 2.75) is 37.1 Å². The average Bonchev–Trinajstić information content (AvgIpc) is 2.65. The summed E-state index contributed by atoms with van der Waals surface area (Å²) < 4.78 is 66.6. The van der Waals surface area contributed by atoms with Crippen LogP contribution in [0.2, 0.25) is 0 Å². The van der Waals surface area contributed by atoms with Crippen molar-refractivity contribution >= 4 is 49.1 Å². The molecule has 0 aliphatic carbocycles. The molecule has 6 N–H and O–H groups in total. The zero-order chi connectivity index (χ0) is 26.2. The van der Waals surface area contributed by atoms with E-state index in [-0.39, 0.29) is 12.1 Å². The van der Waals surface area contributed by atoms with Gasteiger partial charge in [0.05, 0.1) is 5.69 Å². The first-order valence-corrected chi connectivity index (χ1v) is 12.0. The fourth-order valence-corrected chi connectivity index (χ4v) is 4.31. The van der Waals surface area contributed by atoms with Gasteiger partial charge in [0.25, 0.3) is 31.7 Å². The second-order valence-corrected chi connectivity index (χ2v) is 9.51. The molecule has 0 saturated carbocycles. The summed E-state index contributed by atoms with van der Waals surface area (Å²) in [6.07, 6.45) is 0. The van der Waals surface area contributed by atoms with Crippen molar-refractivity contribution in [2.75, 3.05) is 5.32 Å². The van der Waals surface area contributed by atoms with Crippen molar-refractivity contribution < 1.29 is 40.6 Å². The molecule has 15 nitrogen and oxygen atoms in total. The summed E-state index contributed by atoms with van der Waals surface area (Å²) in [6.45, 7) is 3.56. The van der Waals surface area contributed by atoms with Gasteiger partial charge in [-0.25, -0.2) is 0 Å². The van der Waals surface area contributed by atoms with Gasteiger partial charge in [-0.1, -0.05) is 0 Å². The van der Waals surface area contributed by atoms with Gasteiger partial charge in [-0.2, -0.15) is 16.8 Å². The summed E-state index contributed by atoms with van der Waals surface area (Å²) in [4.78, 5) is 33.7. The molecule has 0 spiro atoms. The van der Waals surface area contributed by atoms with Crippen LogP contribution in [0.4, 0.5) is 17.1 Å². The van der Waals surface area contributed by atoms with Crippen LogP contribution < -0.4 is 16.6 Å². The second kappa shape index (κ2) is 9.29. The van der Waals surface area contributed by atoms with E-state index in [0.717, 1.165) is 11.5 Å². The number of nitrogens with two attached hydrogens (primary N) is 1. The highest BCUT2D eigenvalue weighted by molar-refractivity contribution is 7.86. The number of hydrogen-bond acceptors (Lipinski definition) is 10. The van der Waals surface area contributed by atoms with Crippen molar-refractivity contribution in [3.8, 4) is 5.88 Å². The van der Waals surface area contributed by atoms with Gasteiger partial charge in [0, 0.05) is 19.0 Å². The number of rotatable bonds is 7. The molecule has 1 aromatic carbocycles. The molecule has 0 unspecified atom stereocenters. The van der Waals surface area contributed by atoms with Crippen LogP contribution in [0.3, 0.4) is 0 Å². The molecule has 1 heterocycles. The molecule has 0 aliphatic heterocycles. The number of nitrogens with one attached hydrogen (secondary N) is 1. The number of primary amides is 1. The SMILES string of the molecule is CCn1c(O)c(C(N)=O)c(C)c(N=Nc2cc(NC(C)=O)c(S(=O)(=O)O)cc2S(=O)(=O)O)c1=O. The highest BCUT2D eigenvalue weighted by Gasteiger charge is 2.26. The molecule has 0 bridgehead atoms. The van der Waals surface area contributed by atoms with Gasteiger partial charge < -0.3 is 16.2 Å². The number of hydrogen-bond donors (Lipinski definition) is 5. The smallest absolute Gasteiger partial charge is 0.296 e. The molecule has 0 atom stereocenters. The molecule has 0 saturated heterocycles. The topological polar surface area (TPSA) is 248 Å². The largest absolute Gasteiger partial charge is 0.494 e. The summed E-state index contributed by atoms with van der Waals surface area (Å²) >= 11 is 0. The van der Waals surface area contributed by atoms with E-state index in [4.69, 9.17) is 5.73 Å². The summed E-state index contributed by atoms with van der Waals surface area (Å²) in [5.74, 6) is -2.63. The molecule has 34 heavy (non-hydrogen) atoms. The number of nitrogens with zero attached hydrogens (tertiary/aromatic N) is 3. The van der Waals surface area contributed by atoms with Crippen LogP contribution in [-0.2, 0) is 31.6 Å². The lowest BCUT2D eigenvalue weighted by molar-refractivity contribution is -0.114. The van der Waals surface area contributed by atoms with Gasteiger partial charge in [-0.05, 0) is 26.0 Å². The molecule has 0 aliphatic rings. The Balaban J connectivity index is 2.92. The molecule has 2 rings (SSSR count). The third-order valence-corrected chi connectivity index (χ3v) is 6.18. The van der Waals surface area contributed by atoms with Crippen LogP contribution in [0, 0.1) is 6.92 Å². The maximum atomic E-state index is 12.7. The van der Waals surface area contributed by atoms with E-state index in [9.17, 15) is 45.4 Å². The molecule has 0 fully saturated rings. The van der Waals surface area contributed by atoms with E-state index in [1.54, 1.807) is 0 Å². The quantitative estimate of drug-likeness (QED) is 0.256. The van der Waals surface area contributed by atoms with Crippen LogP contribution in [0.1, 0.15) is 29.8 Å². The molecular weight excluding hydrogens is 498 g/mol. The molecule has 2 aromatic rings. The van der Waals surface area contributed by atoms with Crippen molar-refractivity contribution in [1.82, 2.24) is 4.57 Å². The summed E-state index contributed by atoms with van der Waals surface area (Å²) in [5, 5.41) is 19.4. The molecule has 184 valence electrons. The predicted octanol–water partition coefficient (Wildman–Crippen LogP) is 0.848. The highest BCUT2D eigenvalue weighted by Crippen LogP contribution is 2.35. The number of carbonyl (C=O) groups is 2. The van der Waals surface area contributed by atoms with Crippen LogP contribution >= 0.6 is 0 Å². The number of azo groups is 1. The van der Waals surface area contributed by atoms with Gasteiger partial charge in [-0.3, -0.25) is 28.1 Å². The lowest BCUT2D eigenvalue weighted by atomic mass is 10.1. The lowest BCUT2D eigenvalue weighted by Crippen LogP contribution is -2.25. The van der Waals surface area contributed by atoms with E-state index in [1.165, 1.54) is 13.8 Å². The van der Waals surface area contributed by atoms with Crippen molar-refractivity contribution in [3.05, 3.63) is 33.6 Å². The summed E-state index contributed by atoms with van der Waals surface area (Å²) in [5.41, 5.74) is 1.78. The average molecular weight is 517 g/mol. The van der Waals surface area contributed by atoms with E-state index in [1.807, 2.05) is 0 Å². The predicted molar refractivity (Wildman–Crippen MR) is 116 cm³/mol. The van der Waals surface area contributed by atoms with Crippen LogP contribution in [0.15, 0.2) is 36.9 Å². The Morgan fingerprint density at radius 1 is 1.09 bits per heavy atom. The number of anilines is 1. The number of pyridine rings is 1. The first kappa shape index (κ1) is 26.6. The van der Waals surface area contributed by atoms with Crippen molar-refractivity contribution in [1.29, 1.82) is 0 Å². The Morgan fingerprint density at radius 3 is 2.09 bits per heavy atom. The number of aromatic nitrogens is 1. The Kier molecular flexibility index (Phi) is 7.27. The molecule has 17 heteroatoms. The first-order chi connectivity index (χ1) is 15.5. The van der Waals surface area contributed by atoms with Gasteiger partial charge in [0.1, 0.15) is 21.0 Å². The normalized spacial score (nSPS) is 12.1.